The molecule has 0 atom stereocenters. The van der Waals surface area contributed by atoms with Gasteiger partial charge < -0.3 is 10.3 Å². The van der Waals surface area contributed by atoms with E-state index in [2.05, 4.69) is 27.4 Å². The minimum Gasteiger partial charge on any atom is -0.355 e. The van der Waals surface area contributed by atoms with Crippen LogP contribution in [0.1, 0.15) is 37.1 Å². The number of fused-ring (bicyclic) bond motifs is 1. The fraction of sp³-hybridized carbons (Fsp3) is 0.333. The van der Waals surface area contributed by atoms with Crippen molar-refractivity contribution in [2.45, 2.75) is 37.5 Å². The number of imidazole rings is 1. The number of aromatic amines is 1. The second kappa shape index (κ2) is 6.71. The van der Waals surface area contributed by atoms with Crippen molar-refractivity contribution in [3.05, 3.63) is 66.0 Å². The number of amides is 1. The van der Waals surface area contributed by atoms with E-state index in [4.69, 9.17) is 0 Å². The van der Waals surface area contributed by atoms with E-state index in [1.165, 1.54) is 0 Å². The Hall–Kier alpha value is -2.62. The highest BCUT2D eigenvalue weighted by Gasteiger charge is 2.45. The van der Waals surface area contributed by atoms with Crippen molar-refractivity contribution in [2.24, 2.45) is 0 Å². The quantitative estimate of drug-likeness (QED) is 0.675. The Morgan fingerprint density at radius 2 is 1.84 bits per heavy atom. The Bertz CT molecular complexity index is 832. The largest absolute Gasteiger partial charge is 0.355 e. The molecule has 1 heterocycles. The maximum Gasteiger partial charge on any atom is 0.230 e. The molecule has 2 N–H and O–H groups in total. The third-order valence-electron chi connectivity index (χ3n) is 5.28. The highest BCUT2D eigenvalue weighted by Crippen LogP contribution is 2.43. The predicted molar refractivity (Wildman–Crippen MR) is 99.4 cm³/mol. The van der Waals surface area contributed by atoms with Gasteiger partial charge in [0.1, 0.15) is 5.82 Å². The van der Waals surface area contributed by atoms with Crippen LogP contribution in [0.2, 0.25) is 0 Å². The molecule has 2 aromatic carbocycles. The molecule has 1 fully saturated rings. The summed E-state index contributed by atoms with van der Waals surface area (Å²) in [5.41, 5.74) is 2.91. The lowest BCUT2D eigenvalue weighted by Gasteiger charge is -2.40. The normalized spacial score (nSPS) is 15.7. The van der Waals surface area contributed by atoms with E-state index in [1.807, 2.05) is 42.5 Å². The molecule has 0 unspecified atom stereocenters. The van der Waals surface area contributed by atoms with E-state index in [1.54, 1.807) is 0 Å². The van der Waals surface area contributed by atoms with Crippen LogP contribution in [-0.2, 0) is 16.6 Å². The van der Waals surface area contributed by atoms with Crippen molar-refractivity contribution in [1.82, 2.24) is 15.3 Å². The number of carbonyl (C=O) groups is 1. The van der Waals surface area contributed by atoms with Gasteiger partial charge >= 0.3 is 0 Å². The molecule has 0 aliphatic heterocycles. The average Bonchev–Trinajstić information content (AvgIpc) is 3.01. The number of nitrogens with zero attached hydrogens (tertiary/aromatic N) is 1. The Balaban J connectivity index is 1.33. The molecular weight excluding hydrogens is 310 g/mol. The SMILES string of the molecule is O=C(NCCCc1nc2ccccc2[nH]1)C1(c2ccccc2)CCC1. The molecule has 4 rings (SSSR count). The van der Waals surface area contributed by atoms with Crippen molar-refractivity contribution >= 4 is 16.9 Å². The Kier molecular flexibility index (Phi) is 4.26. The summed E-state index contributed by atoms with van der Waals surface area (Å²) >= 11 is 0. The summed E-state index contributed by atoms with van der Waals surface area (Å²) in [6.07, 6.45) is 4.75. The summed E-state index contributed by atoms with van der Waals surface area (Å²) < 4.78 is 0. The van der Waals surface area contributed by atoms with E-state index < -0.39 is 0 Å². The molecule has 1 amide bonds. The zero-order chi connectivity index (χ0) is 17.1. The van der Waals surface area contributed by atoms with E-state index in [9.17, 15) is 4.79 Å². The van der Waals surface area contributed by atoms with E-state index in [0.717, 1.165) is 54.5 Å². The molecule has 1 aliphatic rings. The Morgan fingerprint density at radius 1 is 1.08 bits per heavy atom. The first-order valence-corrected chi connectivity index (χ1v) is 9.05. The summed E-state index contributed by atoms with van der Waals surface area (Å²) in [6.45, 7) is 0.685. The predicted octanol–water partition coefficient (Wildman–Crippen LogP) is 3.73. The first kappa shape index (κ1) is 15.9. The minimum atomic E-state index is -0.305. The van der Waals surface area contributed by atoms with Crippen LogP contribution < -0.4 is 5.32 Å². The van der Waals surface area contributed by atoms with Gasteiger partial charge in [-0.3, -0.25) is 4.79 Å². The van der Waals surface area contributed by atoms with Crippen LogP contribution in [0.25, 0.3) is 11.0 Å². The first-order valence-electron chi connectivity index (χ1n) is 9.05. The topological polar surface area (TPSA) is 57.8 Å². The molecule has 0 saturated heterocycles. The number of benzene rings is 2. The molecular formula is C21H23N3O. The van der Waals surface area contributed by atoms with Gasteiger partial charge in [-0.05, 0) is 37.0 Å². The molecule has 1 aromatic heterocycles. The van der Waals surface area contributed by atoms with E-state index in [0.29, 0.717) is 6.54 Å². The highest BCUT2D eigenvalue weighted by atomic mass is 16.2. The van der Waals surface area contributed by atoms with Crippen molar-refractivity contribution in [1.29, 1.82) is 0 Å². The third-order valence-corrected chi connectivity index (χ3v) is 5.28. The number of carbonyl (C=O) groups excluding carboxylic acids is 1. The van der Waals surface area contributed by atoms with Gasteiger partial charge in [0.05, 0.1) is 16.4 Å². The number of H-pyrrole nitrogens is 1. The summed E-state index contributed by atoms with van der Waals surface area (Å²) in [5, 5.41) is 3.15. The fourth-order valence-electron chi connectivity index (χ4n) is 3.69. The zero-order valence-corrected chi connectivity index (χ0v) is 14.3. The summed E-state index contributed by atoms with van der Waals surface area (Å²) in [6, 6.07) is 18.2. The molecule has 25 heavy (non-hydrogen) atoms. The molecule has 1 saturated carbocycles. The Morgan fingerprint density at radius 3 is 2.56 bits per heavy atom. The van der Waals surface area contributed by atoms with Crippen molar-refractivity contribution < 1.29 is 4.79 Å². The van der Waals surface area contributed by atoms with Gasteiger partial charge in [-0.2, -0.15) is 0 Å². The molecule has 0 bridgehead atoms. The number of aromatic nitrogens is 2. The number of hydrogen-bond acceptors (Lipinski definition) is 2. The standard InChI is InChI=1S/C21H23N3O/c25-20(21(13-7-14-21)16-8-2-1-3-9-16)22-15-6-12-19-23-17-10-4-5-11-18(17)24-19/h1-5,8-11H,6-7,12-15H2,(H,22,25)(H,23,24). The van der Waals surface area contributed by atoms with Gasteiger partial charge in [-0.1, -0.05) is 48.9 Å². The maximum atomic E-state index is 12.8. The van der Waals surface area contributed by atoms with Crippen LogP contribution in [0.15, 0.2) is 54.6 Å². The molecule has 0 radical (unpaired) electrons. The van der Waals surface area contributed by atoms with Crippen LogP contribution in [0.5, 0.6) is 0 Å². The number of nitrogens with one attached hydrogen (secondary N) is 2. The van der Waals surface area contributed by atoms with Gasteiger partial charge in [-0.15, -0.1) is 0 Å². The van der Waals surface area contributed by atoms with Crippen molar-refractivity contribution in [3.8, 4) is 0 Å². The number of aryl methyl sites for hydroxylation is 1. The zero-order valence-electron chi connectivity index (χ0n) is 14.3. The highest BCUT2D eigenvalue weighted by molar-refractivity contribution is 5.89. The van der Waals surface area contributed by atoms with Crippen LogP contribution in [0, 0.1) is 0 Å². The van der Waals surface area contributed by atoms with Gasteiger partial charge in [-0.25, -0.2) is 4.98 Å². The molecule has 3 aromatic rings. The summed E-state index contributed by atoms with van der Waals surface area (Å²) in [7, 11) is 0. The minimum absolute atomic E-state index is 0.176. The lowest BCUT2D eigenvalue weighted by molar-refractivity contribution is -0.129. The van der Waals surface area contributed by atoms with Crippen LogP contribution in [0.4, 0.5) is 0 Å². The smallest absolute Gasteiger partial charge is 0.230 e. The van der Waals surface area contributed by atoms with Gasteiger partial charge in [0.2, 0.25) is 5.91 Å². The first-order chi connectivity index (χ1) is 12.3. The monoisotopic (exact) mass is 333 g/mol. The molecule has 4 nitrogen and oxygen atoms in total. The van der Waals surface area contributed by atoms with Gasteiger partial charge in [0.15, 0.2) is 0 Å². The lowest BCUT2D eigenvalue weighted by atomic mass is 9.64. The Labute approximate surface area is 147 Å². The second-order valence-electron chi connectivity index (χ2n) is 6.86. The summed E-state index contributed by atoms with van der Waals surface area (Å²) in [5.74, 6) is 1.16. The second-order valence-corrected chi connectivity index (χ2v) is 6.86. The van der Waals surface area contributed by atoms with E-state index in [-0.39, 0.29) is 11.3 Å². The molecule has 1 aliphatic carbocycles. The number of hydrogen-bond donors (Lipinski definition) is 2. The maximum absolute atomic E-state index is 12.8. The summed E-state index contributed by atoms with van der Waals surface area (Å²) in [4.78, 5) is 20.7. The third kappa shape index (κ3) is 3.04. The van der Waals surface area contributed by atoms with E-state index >= 15 is 0 Å². The number of para-hydroxylation sites is 2. The average molecular weight is 333 g/mol. The van der Waals surface area contributed by atoms with Crippen LogP contribution in [-0.4, -0.2) is 22.4 Å². The van der Waals surface area contributed by atoms with Crippen molar-refractivity contribution in [3.63, 3.8) is 0 Å². The van der Waals surface area contributed by atoms with Gasteiger partial charge in [0, 0.05) is 13.0 Å². The van der Waals surface area contributed by atoms with Crippen molar-refractivity contribution in [2.75, 3.05) is 6.54 Å². The lowest BCUT2D eigenvalue weighted by Crippen LogP contribution is -2.49. The molecule has 4 heteroatoms. The van der Waals surface area contributed by atoms with Crippen LogP contribution >= 0.6 is 0 Å². The molecule has 0 spiro atoms. The fourth-order valence-corrected chi connectivity index (χ4v) is 3.69. The molecule has 128 valence electrons. The van der Waals surface area contributed by atoms with Gasteiger partial charge in [0.25, 0.3) is 0 Å². The van der Waals surface area contributed by atoms with Crippen LogP contribution in [0.3, 0.4) is 0 Å². The number of rotatable bonds is 6.